The predicted octanol–water partition coefficient (Wildman–Crippen LogP) is 3.45. The number of fused-ring (bicyclic) bond motifs is 1. The fourth-order valence-corrected chi connectivity index (χ4v) is 4.03. The van der Waals surface area contributed by atoms with Crippen LogP contribution in [0.25, 0.3) is 28.7 Å². The Morgan fingerprint density at radius 1 is 0.839 bits per heavy atom. The van der Waals surface area contributed by atoms with Crippen molar-refractivity contribution in [3.05, 3.63) is 75.7 Å². The third-order valence-electron chi connectivity index (χ3n) is 4.52. The van der Waals surface area contributed by atoms with Crippen LogP contribution >= 0.6 is 0 Å². The number of sulfone groups is 2. The fraction of sp³-hybridized carbons (Fsp3) is 0.0909. The Balaban J connectivity index is 2.13. The van der Waals surface area contributed by atoms with Crippen LogP contribution in [0.1, 0.15) is 11.1 Å². The molecule has 2 aromatic carbocycles. The molecule has 9 heteroatoms. The molecular weight excluding hydrogens is 434 g/mol. The van der Waals surface area contributed by atoms with Crippen molar-refractivity contribution in [2.75, 3.05) is 12.5 Å². The van der Waals surface area contributed by atoms with E-state index < -0.39 is 19.7 Å². The summed E-state index contributed by atoms with van der Waals surface area (Å²) in [7, 11) is -7.27. The van der Waals surface area contributed by atoms with E-state index in [1.54, 1.807) is 42.6 Å². The third-order valence-corrected chi connectivity index (χ3v) is 6.53. The van der Waals surface area contributed by atoms with Crippen LogP contribution in [-0.4, -0.2) is 33.9 Å². The first-order valence-corrected chi connectivity index (χ1v) is 12.7. The largest absolute Gasteiger partial charge is 0.316 e. The van der Waals surface area contributed by atoms with Crippen LogP contribution in [0.3, 0.4) is 0 Å². The molecule has 1 aromatic heterocycles. The molecule has 31 heavy (non-hydrogen) atoms. The van der Waals surface area contributed by atoms with Crippen LogP contribution in [-0.2, 0) is 19.7 Å². The van der Waals surface area contributed by atoms with Crippen molar-refractivity contribution in [1.82, 2.24) is 4.57 Å². The Kier molecular flexibility index (Phi) is 5.85. The molecule has 7 nitrogen and oxygen atoms in total. The SMILES string of the molecule is CS(=O)(=O)/C(C#N)=C\c1ccc(-n2cc(/C=C(/C#N)S(C)(=O)=O)c3ccccc32)cc1. The number of nitriles is 2. The van der Waals surface area contributed by atoms with E-state index >= 15 is 0 Å². The number of hydrogen-bond donors (Lipinski definition) is 0. The first-order valence-electron chi connectivity index (χ1n) is 8.89. The van der Waals surface area contributed by atoms with Gasteiger partial charge in [0, 0.05) is 35.3 Å². The minimum Gasteiger partial charge on any atom is -0.316 e. The van der Waals surface area contributed by atoms with Crippen molar-refractivity contribution in [2.24, 2.45) is 0 Å². The zero-order valence-corrected chi connectivity index (χ0v) is 18.3. The van der Waals surface area contributed by atoms with Crippen molar-refractivity contribution in [3.8, 4) is 17.8 Å². The summed E-state index contributed by atoms with van der Waals surface area (Å²) in [5, 5.41) is 19.0. The van der Waals surface area contributed by atoms with Gasteiger partial charge < -0.3 is 4.57 Å². The Hall–Kier alpha value is -3.66. The zero-order valence-electron chi connectivity index (χ0n) is 16.6. The molecule has 0 aliphatic carbocycles. The summed E-state index contributed by atoms with van der Waals surface area (Å²) >= 11 is 0. The lowest BCUT2D eigenvalue weighted by Crippen LogP contribution is -1.98. The van der Waals surface area contributed by atoms with Gasteiger partial charge in [0.1, 0.15) is 21.9 Å². The van der Waals surface area contributed by atoms with Gasteiger partial charge in [-0.15, -0.1) is 0 Å². The number of aromatic nitrogens is 1. The van der Waals surface area contributed by atoms with Crippen molar-refractivity contribution in [3.63, 3.8) is 0 Å². The lowest BCUT2D eigenvalue weighted by molar-refractivity contribution is 0.607. The molecule has 156 valence electrons. The Bertz CT molecular complexity index is 1530. The molecule has 0 saturated carbocycles. The molecule has 0 radical (unpaired) electrons. The van der Waals surface area contributed by atoms with Crippen molar-refractivity contribution < 1.29 is 16.8 Å². The quantitative estimate of drug-likeness (QED) is 0.548. The topological polar surface area (TPSA) is 121 Å². The van der Waals surface area contributed by atoms with E-state index in [0.717, 1.165) is 29.1 Å². The van der Waals surface area contributed by atoms with Gasteiger partial charge in [0.2, 0.25) is 0 Å². The smallest absolute Gasteiger partial charge is 0.185 e. The molecule has 0 atom stereocenters. The van der Waals surface area contributed by atoms with Gasteiger partial charge in [-0.1, -0.05) is 30.3 Å². The number of rotatable bonds is 5. The minimum atomic E-state index is -3.66. The minimum absolute atomic E-state index is 0.330. The molecule has 3 aromatic rings. The highest BCUT2D eigenvalue weighted by atomic mass is 32.2. The van der Waals surface area contributed by atoms with Gasteiger partial charge in [-0.05, 0) is 35.9 Å². The molecule has 0 aliphatic heterocycles. The van der Waals surface area contributed by atoms with Gasteiger partial charge in [0.15, 0.2) is 19.7 Å². The second kappa shape index (κ2) is 8.23. The summed E-state index contributed by atoms with van der Waals surface area (Å²) in [4.78, 5) is -0.662. The molecule has 0 bridgehead atoms. The molecule has 1 heterocycles. The highest BCUT2D eigenvalue weighted by Crippen LogP contribution is 2.27. The molecule has 0 aliphatic rings. The van der Waals surface area contributed by atoms with Gasteiger partial charge in [-0.25, -0.2) is 16.8 Å². The first-order chi connectivity index (χ1) is 14.5. The monoisotopic (exact) mass is 451 g/mol. The van der Waals surface area contributed by atoms with Crippen molar-refractivity contribution in [1.29, 1.82) is 10.5 Å². The highest BCUT2D eigenvalue weighted by molar-refractivity contribution is 7.95. The maximum atomic E-state index is 11.8. The molecule has 0 fully saturated rings. The lowest BCUT2D eigenvalue weighted by Gasteiger charge is -2.06. The average molecular weight is 452 g/mol. The molecule has 0 unspecified atom stereocenters. The number of para-hydroxylation sites is 1. The Labute approximate surface area is 180 Å². The summed E-state index contributed by atoms with van der Waals surface area (Å²) in [5.41, 5.74) is 2.66. The maximum absolute atomic E-state index is 11.8. The normalized spacial score (nSPS) is 13.0. The molecule has 0 N–H and O–H groups in total. The summed E-state index contributed by atoms with van der Waals surface area (Å²) < 4.78 is 48.7. The number of nitrogens with zero attached hydrogens (tertiary/aromatic N) is 3. The van der Waals surface area contributed by atoms with E-state index in [0.29, 0.717) is 11.1 Å². The molecule has 3 rings (SSSR count). The van der Waals surface area contributed by atoms with Crippen LogP contribution < -0.4 is 0 Å². The maximum Gasteiger partial charge on any atom is 0.185 e. The lowest BCUT2D eigenvalue weighted by atomic mass is 10.1. The van der Waals surface area contributed by atoms with E-state index in [-0.39, 0.29) is 9.81 Å². The van der Waals surface area contributed by atoms with Crippen LogP contribution in [0.15, 0.2) is 64.5 Å². The van der Waals surface area contributed by atoms with Crippen molar-refractivity contribution >= 4 is 42.7 Å². The van der Waals surface area contributed by atoms with Gasteiger partial charge >= 0.3 is 0 Å². The number of benzene rings is 2. The van der Waals surface area contributed by atoms with Crippen LogP contribution in [0.2, 0.25) is 0 Å². The van der Waals surface area contributed by atoms with Gasteiger partial charge in [0.25, 0.3) is 0 Å². The zero-order chi connectivity index (χ0) is 22.8. The number of allylic oxidation sites excluding steroid dienone is 2. The summed E-state index contributed by atoms with van der Waals surface area (Å²) in [6, 6.07) is 17.6. The third kappa shape index (κ3) is 4.75. The van der Waals surface area contributed by atoms with Crippen LogP contribution in [0, 0.1) is 22.7 Å². The molecule has 0 spiro atoms. The molecular formula is C22H17N3O4S2. The van der Waals surface area contributed by atoms with E-state index in [1.165, 1.54) is 12.2 Å². The van der Waals surface area contributed by atoms with Gasteiger partial charge in [0.05, 0.1) is 5.52 Å². The average Bonchev–Trinajstić information content (AvgIpc) is 3.07. The Morgan fingerprint density at radius 2 is 1.39 bits per heavy atom. The first kappa shape index (κ1) is 22.0. The van der Waals surface area contributed by atoms with Gasteiger partial charge in [-0.2, -0.15) is 10.5 Å². The predicted molar refractivity (Wildman–Crippen MR) is 120 cm³/mol. The van der Waals surface area contributed by atoms with Crippen LogP contribution in [0.5, 0.6) is 0 Å². The van der Waals surface area contributed by atoms with E-state index in [9.17, 15) is 22.1 Å². The standard InChI is InChI=1S/C22H17N3O4S2/c1-30(26,27)19(13-23)11-16-7-9-18(10-8-16)25-15-17(12-20(14-24)31(2,28)29)21-5-3-4-6-22(21)25/h3-12,15H,1-2H3/b19-11-,20-12-. The summed E-state index contributed by atoms with van der Waals surface area (Å²) in [6.07, 6.45) is 6.33. The molecule has 0 saturated heterocycles. The second-order valence-corrected chi connectivity index (χ2v) is 10.8. The Morgan fingerprint density at radius 3 is 1.94 bits per heavy atom. The van der Waals surface area contributed by atoms with E-state index in [2.05, 4.69) is 0 Å². The van der Waals surface area contributed by atoms with Crippen LogP contribution in [0.4, 0.5) is 0 Å². The van der Waals surface area contributed by atoms with Crippen molar-refractivity contribution in [2.45, 2.75) is 0 Å². The fourth-order valence-electron chi connectivity index (χ4n) is 3.00. The molecule has 0 amide bonds. The summed E-state index contributed by atoms with van der Waals surface area (Å²) in [5.74, 6) is 0. The van der Waals surface area contributed by atoms with Gasteiger partial charge in [-0.3, -0.25) is 0 Å². The van der Waals surface area contributed by atoms with E-state index in [1.807, 2.05) is 28.8 Å². The highest BCUT2D eigenvalue weighted by Gasteiger charge is 2.14. The summed E-state index contributed by atoms with van der Waals surface area (Å²) in [6.45, 7) is 0. The van der Waals surface area contributed by atoms with E-state index in [4.69, 9.17) is 5.26 Å². The number of hydrogen-bond acceptors (Lipinski definition) is 6. The second-order valence-electron chi connectivity index (χ2n) is 6.85.